The Bertz CT molecular complexity index is 1390. The number of carbonyl (C=O) groups is 1. The van der Waals surface area contributed by atoms with Gasteiger partial charge in [0, 0.05) is 42.6 Å². The lowest BCUT2D eigenvalue weighted by Crippen LogP contribution is -2.17. The number of rotatable bonds is 4. The summed E-state index contributed by atoms with van der Waals surface area (Å²) in [4.78, 5) is 21.6. The Labute approximate surface area is 171 Å². The first-order valence-electron chi connectivity index (χ1n) is 9.48. The van der Waals surface area contributed by atoms with Crippen LogP contribution in [0.25, 0.3) is 21.9 Å². The summed E-state index contributed by atoms with van der Waals surface area (Å²) in [5.41, 5.74) is 4.60. The van der Waals surface area contributed by atoms with E-state index in [0.717, 1.165) is 22.1 Å². The molecule has 6 nitrogen and oxygen atoms in total. The maximum atomic E-state index is 13.8. The zero-order valence-electron chi connectivity index (χ0n) is 16.2. The summed E-state index contributed by atoms with van der Waals surface area (Å²) in [7, 11) is 1.92. The van der Waals surface area contributed by atoms with Gasteiger partial charge in [0.2, 0.25) is 0 Å². The van der Waals surface area contributed by atoms with Gasteiger partial charge in [-0.25, -0.2) is 9.37 Å². The first-order chi connectivity index (χ1) is 14.6. The van der Waals surface area contributed by atoms with Gasteiger partial charge in [-0.1, -0.05) is 6.07 Å². The molecule has 3 aromatic heterocycles. The lowest BCUT2D eigenvalue weighted by atomic mass is 10.2. The number of pyridine rings is 1. The molecule has 0 bridgehead atoms. The van der Waals surface area contributed by atoms with E-state index in [2.05, 4.69) is 15.3 Å². The van der Waals surface area contributed by atoms with Gasteiger partial charge in [0.05, 0.1) is 17.4 Å². The highest BCUT2D eigenvalue weighted by Crippen LogP contribution is 2.24. The van der Waals surface area contributed by atoms with Crippen molar-refractivity contribution in [1.29, 1.82) is 0 Å². The Kier molecular flexibility index (Phi) is 4.28. The van der Waals surface area contributed by atoms with Gasteiger partial charge in [-0.05, 0) is 54.1 Å². The lowest BCUT2D eigenvalue weighted by molar-refractivity contribution is 0.101. The molecule has 0 aliphatic rings. The average molecular weight is 399 g/mol. The van der Waals surface area contributed by atoms with E-state index in [1.807, 2.05) is 46.5 Å². The normalized spacial score (nSPS) is 11.3. The SMILES string of the molecule is Cn1cnc2cc(NC(=O)c3cc4cc(F)ccc4n3Cc3cccnc3)ccc21. The minimum Gasteiger partial charge on any atom is -0.334 e. The number of nitrogens with one attached hydrogen (secondary N) is 1. The third kappa shape index (κ3) is 3.20. The molecule has 5 aromatic rings. The van der Waals surface area contributed by atoms with E-state index in [1.54, 1.807) is 30.9 Å². The first kappa shape index (κ1) is 18.1. The van der Waals surface area contributed by atoms with E-state index in [0.29, 0.717) is 23.3 Å². The molecular weight excluding hydrogens is 381 g/mol. The van der Waals surface area contributed by atoms with Crippen molar-refractivity contribution in [1.82, 2.24) is 19.1 Å². The van der Waals surface area contributed by atoms with Gasteiger partial charge in [0.25, 0.3) is 5.91 Å². The van der Waals surface area contributed by atoms with Crippen LogP contribution >= 0.6 is 0 Å². The molecule has 148 valence electrons. The second-order valence-corrected chi connectivity index (χ2v) is 7.19. The summed E-state index contributed by atoms with van der Waals surface area (Å²) < 4.78 is 17.6. The number of halogens is 1. The Morgan fingerprint density at radius 3 is 2.80 bits per heavy atom. The molecule has 3 heterocycles. The van der Waals surface area contributed by atoms with Crippen molar-refractivity contribution in [3.8, 4) is 0 Å². The van der Waals surface area contributed by atoms with E-state index in [1.165, 1.54) is 12.1 Å². The van der Waals surface area contributed by atoms with Crippen LogP contribution in [-0.4, -0.2) is 25.0 Å². The molecule has 1 N–H and O–H groups in total. The quantitative estimate of drug-likeness (QED) is 0.488. The monoisotopic (exact) mass is 399 g/mol. The maximum absolute atomic E-state index is 13.8. The second kappa shape index (κ2) is 7.11. The Morgan fingerprint density at radius 1 is 1.10 bits per heavy atom. The number of aryl methyl sites for hydroxylation is 1. The summed E-state index contributed by atoms with van der Waals surface area (Å²) in [6, 6.07) is 15.6. The molecular formula is C23H18FN5O. The summed E-state index contributed by atoms with van der Waals surface area (Å²) in [5, 5.41) is 3.61. The fourth-order valence-corrected chi connectivity index (χ4v) is 3.68. The number of aromatic nitrogens is 4. The predicted octanol–water partition coefficient (Wildman–Crippen LogP) is 4.36. The van der Waals surface area contributed by atoms with Crippen LogP contribution in [0.5, 0.6) is 0 Å². The maximum Gasteiger partial charge on any atom is 0.272 e. The van der Waals surface area contributed by atoms with Crippen molar-refractivity contribution >= 4 is 33.5 Å². The van der Waals surface area contributed by atoms with Crippen LogP contribution in [0.15, 0.2) is 73.3 Å². The van der Waals surface area contributed by atoms with Crippen molar-refractivity contribution in [3.05, 3.63) is 90.4 Å². The first-order valence-corrected chi connectivity index (χ1v) is 9.48. The topological polar surface area (TPSA) is 64.7 Å². The van der Waals surface area contributed by atoms with Crippen molar-refractivity contribution in [2.75, 3.05) is 5.32 Å². The molecule has 7 heteroatoms. The summed E-state index contributed by atoms with van der Waals surface area (Å²) in [6.07, 6.45) is 5.19. The van der Waals surface area contributed by atoms with E-state index >= 15 is 0 Å². The van der Waals surface area contributed by atoms with Gasteiger partial charge in [-0.15, -0.1) is 0 Å². The largest absolute Gasteiger partial charge is 0.334 e. The van der Waals surface area contributed by atoms with E-state index in [-0.39, 0.29) is 11.7 Å². The molecule has 30 heavy (non-hydrogen) atoms. The highest BCUT2D eigenvalue weighted by Gasteiger charge is 2.17. The van der Waals surface area contributed by atoms with E-state index in [9.17, 15) is 9.18 Å². The molecule has 0 saturated carbocycles. The molecule has 0 aliphatic carbocycles. The number of hydrogen-bond donors (Lipinski definition) is 1. The Morgan fingerprint density at radius 2 is 1.97 bits per heavy atom. The number of fused-ring (bicyclic) bond motifs is 2. The minimum absolute atomic E-state index is 0.272. The number of amides is 1. The summed E-state index contributed by atoms with van der Waals surface area (Å²) in [5.74, 6) is -0.612. The molecule has 0 spiro atoms. The van der Waals surface area contributed by atoms with Crippen molar-refractivity contribution in [3.63, 3.8) is 0 Å². The van der Waals surface area contributed by atoms with E-state index < -0.39 is 0 Å². The third-order valence-electron chi connectivity index (χ3n) is 5.14. The fraction of sp³-hybridized carbons (Fsp3) is 0.0870. The highest BCUT2D eigenvalue weighted by atomic mass is 19.1. The van der Waals surface area contributed by atoms with Gasteiger partial charge in [0.1, 0.15) is 11.5 Å². The number of imidazole rings is 1. The zero-order chi connectivity index (χ0) is 20.7. The smallest absolute Gasteiger partial charge is 0.272 e. The number of carbonyl (C=O) groups excluding carboxylic acids is 1. The van der Waals surface area contributed by atoms with Crippen LogP contribution in [0, 0.1) is 5.82 Å². The van der Waals surface area contributed by atoms with Gasteiger partial charge in [0.15, 0.2) is 0 Å². The average Bonchev–Trinajstić information content (AvgIpc) is 3.29. The summed E-state index contributed by atoms with van der Waals surface area (Å²) >= 11 is 0. The molecule has 0 aliphatic heterocycles. The van der Waals surface area contributed by atoms with Crippen LogP contribution in [-0.2, 0) is 13.6 Å². The third-order valence-corrected chi connectivity index (χ3v) is 5.14. The van der Waals surface area contributed by atoms with Crippen molar-refractivity contribution in [2.45, 2.75) is 6.54 Å². The predicted molar refractivity (Wildman–Crippen MR) is 114 cm³/mol. The molecule has 1 amide bonds. The van der Waals surface area contributed by atoms with Gasteiger partial charge in [-0.3, -0.25) is 9.78 Å². The Balaban J connectivity index is 1.54. The van der Waals surface area contributed by atoms with Gasteiger partial charge in [-0.2, -0.15) is 0 Å². The van der Waals surface area contributed by atoms with Gasteiger partial charge >= 0.3 is 0 Å². The fourth-order valence-electron chi connectivity index (χ4n) is 3.68. The zero-order valence-corrected chi connectivity index (χ0v) is 16.2. The lowest BCUT2D eigenvalue weighted by Gasteiger charge is -2.11. The highest BCUT2D eigenvalue weighted by molar-refractivity contribution is 6.07. The molecule has 0 unspecified atom stereocenters. The van der Waals surface area contributed by atoms with E-state index in [4.69, 9.17) is 0 Å². The molecule has 0 atom stereocenters. The second-order valence-electron chi connectivity index (χ2n) is 7.19. The summed E-state index contributed by atoms with van der Waals surface area (Å²) in [6.45, 7) is 0.449. The Hall–Kier alpha value is -4.00. The van der Waals surface area contributed by atoms with Crippen LogP contribution in [0.2, 0.25) is 0 Å². The van der Waals surface area contributed by atoms with Crippen molar-refractivity contribution in [2.24, 2.45) is 7.05 Å². The number of anilines is 1. The molecule has 0 fully saturated rings. The minimum atomic E-state index is -0.339. The number of benzene rings is 2. The molecule has 0 radical (unpaired) electrons. The van der Waals surface area contributed by atoms with Crippen LogP contribution < -0.4 is 5.32 Å². The standard InChI is InChI=1S/C23H18FN5O/c1-28-14-26-19-11-18(5-7-21(19)28)27-23(30)22-10-16-9-17(24)4-6-20(16)29(22)13-15-3-2-8-25-12-15/h2-12,14H,13H2,1H3,(H,27,30). The van der Waals surface area contributed by atoms with Gasteiger partial charge < -0.3 is 14.5 Å². The molecule has 2 aromatic carbocycles. The molecule has 5 rings (SSSR count). The van der Waals surface area contributed by atoms with Crippen LogP contribution in [0.4, 0.5) is 10.1 Å². The van der Waals surface area contributed by atoms with Crippen LogP contribution in [0.1, 0.15) is 16.1 Å². The number of hydrogen-bond acceptors (Lipinski definition) is 3. The number of nitrogens with zero attached hydrogens (tertiary/aromatic N) is 4. The van der Waals surface area contributed by atoms with Crippen molar-refractivity contribution < 1.29 is 9.18 Å². The molecule has 0 saturated heterocycles. The van der Waals surface area contributed by atoms with Crippen LogP contribution in [0.3, 0.4) is 0 Å².